The highest BCUT2D eigenvalue weighted by molar-refractivity contribution is 7.97. The number of carbonyl (C=O) groups excluding carboxylic acids is 1. The summed E-state index contributed by atoms with van der Waals surface area (Å²) in [6.07, 6.45) is 2.05. The van der Waals surface area contributed by atoms with Gasteiger partial charge in [-0.3, -0.25) is 4.79 Å². The van der Waals surface area contributed by atoms with Gasteiger partial charge in [-0.15, -0.1) is 0 Å². The molecule has 5 rings (SSSR count). The number of carboxylic acids is 1. The summed E-state index contributed by atoms with van der Waals surface area (Å²) in [6.45, 7) is 1.78. The molecule has 43 heavy (non-hydrogen) atoms. The second-order valence-corrected chi connectivity index (χ2v) is 10.8. The summed E-state index contributed by atoms with van der Waals surface area (Å²) in [5, 5.41) is 11.9. The Kier molecular flexibility index (Phi) is 11.2. The van der Waals surface area contributed by atoms with Crippen LogP contribution in [0, 0.1) is 15.7 Å². The lowest BCUT2D eigenvalue weighted by molar-refractivity contribution is -0.115. The number of benzene rings is 4. The molecule has 0 aromatic heterocycles. The van der Waals surface area contributed by atoms with Gasteiger partial charge < -0.3 is 19.9 Å². The number of anilines is 1. The van der Waals surface area contributed by atoms with Crippen LogP contribution in [-0.2, 0) is 11.2 Å². The first kappa shape index (κ1) is 31.2. The number of amides is 1. The molecule has 2 N–H and O–H groups in total. The standard InChI is InChI=1S/C32H29FN2O5S.O2/c33-23-7-15-28(16-8-23)41-35-19-17-27(18-20-35)40-26-13-11-25(12-14-26)39-24-9-5-22(6-10-24)21-31(36)34-30-4-2-1-3-29(30)32(37)38;1-2/h1-16,27H,17-21H2,(H,34,36)(H,37,38);. The van der Waals surface area contributed by atoms with E-state index < -0.39 is 5.97 Å². The fourth-order valence-electron chi connectivity index (χ4n) is 4.43. The van der Waals surface area contributed by atoms with Crippen molar-refractivity contribution in [1.82, 2.24) is 4.31 Å². The Morgan fingerprint density at radius 2 is 1.42 bits per heavy atom. The average Bonchev–Trinajstić information content (AvgIpc) is 3.02. The minimum absolute atomic E-state index is 0.0454. The second-order valence-electron chi connectivity index (χ2n) is 9.58. The van der Waals surface area contributed by atoms with Crippen molar-refractivity contribution in [2.24, 2.45) is 0 Å². The van der Waals surface area contributed by atoms with Crippen LogP contribution in [0.1, 0.15) is 28.8 Å². The number of ether oxygens (including phenoxy) is 2. The largest absolute Gasteiger partial charge is 0.490 e. The van der Waals surface area contributed by atoms with Crippen LogP contribution in [0.5, 0.6) is 17.2 Å². The molecule has 9 nitrogen and oxygen atoms in total. The maximum absolute atomic E-state index is 13.1. The van der Waals surface area contributed by atoms with Crippen LogP contribution in [0.25, 0.3) is 0 Å². The van der Waals surface area contributed by atoms with Crippen LogP contribution in [-0.4, -0.2) is 40.5 Å². The van der Waals surface area contributed by atoms with E-state index in [4.69, 9.17) is 19.4 Å². The summed E-state index contributed by atoms with van der Waals surface area (Å²) in [5.41, 5.74) is 1.08. The molecule has 0 atom stereocenters. The van der Waals surface area contributed by atoms with Gasteiger partial charge in [0, 0.05) is 27.9 Å². The summed E-state index contributed by atoms with van der Waals surface area (Å²) >= 11 is 1.64. The molecule has 0 saturated carbocycles. The Hall–Kier alpha value is -4.74. The molecule has 222 valence electrons. The monoisotopic (exact) mass is 604 g/mol. The molecule has 1 aliphatic rings. The molecule has 0 spiro atoms. The van der Waals surface area contributed by atoms with E-state index in [9.17, 15) is 19.1 Å². The highest BCUT2D eigenvalue weighted by atomic mass is 32.2. The van der Waals surface area contributed by atoms with E-state index in [0.29, 0.717) is 11.5 Å². The summed E-state index contributed by atoms with van der Waals surface area (Å²) in [6, 6.07) is 27.5. The predicted octanol–water partition coefficient (Wildman–Crippen LogP) is 7.11. The third-order valence-corrected chi connectivity index (χ3v) is 7.64. The van der Waals surface area contributed by atoms with Crippen LogP contribution in [0.3, 0.4) is 0 Å². The Morgan fingerprint density at radius 1 is 0.837 bits per heavy atom. The third kappa shape index (κ3) is 9.38. The van der Waals surface area contributed by atoms with Gasteiger partial charge in [-0.25, -0.2) is 13.5 Å². The second kappa shape index (κ2) is 15.5. The fraction of sp³-hybridized carbons (Fsp3) is 0.188. The Bertz CT molecular complexity index is 1490. The van der Waals surface area contributed by atoms with Crippen molar-refractivity contribution in [1.29, 1.82) is 0 Å². The third-order valence-electron chi connectivity index (χ3n) is 6.53. The van der Waals surface area contributed by atoms with Crippen molar-refractivity contribution in [3.63, 3.8) is 0 Å². The minimum atomic E-state index is -1.10. The number of piperidine rings is 1. The summed E-state index contributed by atoms with van der Waals surface area (Å²) in [4.78, 5) is 38.8. The molecule has 4 aromatic rings. The van der Waals surface area contributed by atoms with Crippen molar-refractivity contribution < 1.29 is 28.6 Å². The predicted molar refractivity (Wildman–Crippen MR) is 163 cm³/mol. The smallest absolute Gasteiger partial charge is 0.337 e. The summed E-state index contributed by atoms with van der Waals surface area (Å²) in [5.74, 6) is 0.454. The highest BCUT2D eigenvalue weighted by Gasteiger charge is 2.21. The Morgan fingerprint density at radius 3 is 2.05 bits per heavy atom. The molecule has 1 aliphatic heterocycles. The first-order valence-electron chi connectivity index (χ1n) is 13.4. The molecule has 0 aliphatic carbocycles. The molecule has 0 radical (unpaired) electrons. The Balaban J connectivity index is 0.00000207. The first-order chi connectivity index (χ1) is 20.9. The van der Waals surface area contributed by atoms with Gasteiger partial charge in [0.2, 0.25) is 5.91 Å². The average molecular weight is 605 g/mol. The molecule has 1 amide bonds. The number of para-hydroxylation sites is 1. The SMILES string of the molecule is O=C(Cc1ccc(Oc2ccc(OC3CCN(Sc4ccc(F)cc4)CC3)cc2)cc1)Nc1ccccc1C(=O)O.O=O. The zero-order valence-corrected chi connectivity index (χ0v) is 23.8. The molecular formula is C32H29FN2O7S. The van der Waals surface area contributed by atoms with E-state index in [2.05, 4.69) is 9.62 Å². The lowest BCUT2D eigenvalue weighted by atomic mass is 10.1. The number of hydrogen-bond donors (Lipinski definition) is 2. The number of aromatic carboxylic acids is 1. The van der Waals surface area contributed by atoms with E-state index in [1.165, 1.54) is 18.2 Å². The van der Waals surface area contributed by atoms with Gasteiger partial charge in [0.15, 0.2) is 0 Å². The van der Waals surface area contributed by atoms with Crippen LogP contribution >= 0.6 is 11.9 Å². The van der Waals surface area contributed by atoms with Crippen molar-refractivity contribution in [3.8, 4) is 17.2 Å². The molecule has 0 bridgehead atoms. The van der Waals surface area contributed by atoms with Crippen LogP contribution in [0.4, 0.5) is 10.1 Å². The molecule has 11 heteroatoms. The number of rotatable bonds is 10. The van der Waals surface area contributed by atoms with Gasteiger partial charge in [0.25, 0.3) is 0 Å². The van der Waals surface area contributed by atoms with Crippen molar-refractivity contribution in [2.75, 3.05) is 18.4 Å². The number of hydrogen-bond acceptors (Lipinski definition) is 8. The maximum Gasteiger partial charge on any atom is 0.337 e. The van der Waals surface area contributed by atoms with E-state index in [0.717, 1.165) is 42.1 Å². The topological polar surface area (TPSA) is 122 Å². The number of carbonyl (C=O) groups is 2. The fourth-order valence-corrected chi connectivity index (χ4v) is 5.38. The van der Waals surface area contributed by atoms with Gasteiger partial charge >= 0.3 is 5.97 Å². The van der Waals surface area contributed by atoms with Gasteiger partial charge in [0.05, 0.1) is 17.7 Å². The molecule has 0 unspecified atom stereocenters. The lowest BCUT2D eigenvalue weighted by Crippen LogP contribution is -2.34. The van der Waals surface area contributed by atoms with E-state index in [1.54, 1.807) is 66.5 Å². The number of nitrogens with zero attached hydrogens (tertiary/aromatic N) is 1. The number of carboxylic acid groups (broad SMARTS) is 1. The summed E-state index contributed by atoms with van der Waals surface area (Å²) < 4.78 is 27.5. The molecule has 4 aromatic carbocycles. The molecule has 1 fully saturated rings. The number of halogens is 1. The van der Waals surface area contributed by atoms with Gasteiger partial charge in [0.1, 0.15) is 29.2 Å². The van der Waals surface area contributed by atoms with E-state index in [1.807, 2.05) is 24.3 Å². The minimum Gasteiger partial charge on any atom is -0.490 e. The van der Waals surface area contributed by atoms with Crippen LogP contribution < -0.4 is 14.8 Å². The van der Waals surface area contributed by atoms with E-state index >= 15 is 0 Å². The highest BCUT2D eigenvalue weighted by Crippen LogP contribution is 2.29. The first-order valence-corrected chi connectivity index (χ1v) is 14.2. The quantitative estimate of drug-likeness (QED) is 0.182. The van der Waals surface area contributed by atoms with Crippen molar-refractivity contribution >= 4 is 29.5 Å². The summed E-state index contributed by atoms with van der Waals surface area (Å²) in [7, 11) is 0. The normalized spacial score (nSPS) is 13.3. The molecule has 1 heterocycles. The number of nitrogens with one attached hydrogen (secondary N) is 1. The van der Waals surface area contributed by atoms with Gasteiger partial charge in [-0.2, -0.15) is 0 Å². The van der Waals surface area contributed by atoms with Crippen LogP contribution in [0.2, 0.25) is 0 Å². The lowest BCUT2D eigenvalue weighted by Gasteiger charge is -2.31. The van der Waals surface area contributed by atoms with Crippen molar-refractivity contribution in [3.05, 3.63) is 124 Å². The molecular weight excluding hydrogens is 575 g/mol. The molecule has 1 saturated heterocycles. The van der Waals surface area contributed by atoms with Gasteiger partial charge in [-0.05, 0) is 103 Å². The maximum atomic E-state index is 13.1. The van der Waals surface area contributed by atoms with Crippen LogP contribution in [0.15, 0.2) is 102 Å². The Labute approximate surface area is 252 Å². The zero-order chi connectivity index (χ0) is 30.6. The van der Waals surface area contributed by atoms with Gasteiger partial charge in [-0.1, -0.05) is 24.3 Å². The van der Waals surface area contributed by atoms with E-state index in [-0.39, 0.29) is 35.5 Å². The zero-order valence-electron chi connectivity index (χ0n) is 23.0. The van der Waals surface area contributed by atoms with Crippen molar-refractivity contribution in [2.45, 2.75) is 30.3 Å².